The first-order valence-corrected chi connectivity index (χ1v) is 8.95. The molecule has 0 aromatic carbocycles. The molecular weight excluding hydrogens is 282 g/mol. The molecule has 1 aromatic rings. The molecule has 3 heterocycles. The largest absolute Gasteiger partial charge is 0.326 e. The third-order valence-corrected chi connectivity index (χ3v) is 7.34. The second-order valence-corrected chi connectivity index (χ2v) is 8.25. The molecule has 2 N–H and O–H groups in total. The predicted octanol–water partition coefficient (Wildman–Crippen LogP) is 0.675. The molecule has 0 radical (unpaired) electrons. The average molecular weight is 301 g/mol. The third kappa shape index (κ3) is 2.45. The van der Waals surface area contributed by atoms with Crippen molar-refractivity contribution in [1.82, 2.24) is 9.21 Å². The van der Waals surface area contributed by atoms with E-state index in [0.29, 0.717) is 29.9 Å². The Kier molecular flexibility index (Phi) is 3.65. The van der Waals surface area contributed by atoms with E-state index in [0.717, 1.165) is 25.1 Å². The van der Waals surface area contributed by atoms with Crippen LogP contribution in [0, 0.1) is 0 Å². The maximum atomic E-state index is 12.6. The first kappa shape index (κ1) is 13.5. The van der Waals surface area contributed by atoms with Crippen LogP contribution in [0.15, 0.2) is 15.7 Å². The Hall–Kier alpha value is -0.470. The topological polar surface area (TPSA) is 66.6 Å². The maximum absolute atomic E-state index is 12.6. The van der Waals surface area contributed by atoms with Gasteiger partial charge in [0.25, 0.3) is 10.0 Å². The van der Waals surface area contributed by atoms with E-state index in [1.54, 1.807) is 10.4 Å². The molecule has 5 nitrogen and oxygen atoms in total. The SMILES string of the molecule is NCc1csc(S(=O)(=O)N2CCN3CCCC3C2)c1. The zero-order chi connectivity index (χ0) is 13.5. The molecule has 0 saturated carbocycles. The molecule has 0 aliphatic carbocycles. The molecule has 7 heteroatoms. The number of thiophene rings is 1. The first-order chi connectivity index (χ1) is 9.11. The van der Waals surface area contributed by atoms with Crippen LogP contribution in [0.5, 0.6) is 0 Å². The maximum Gasteiger partial charge on any atom is 0.252 e. The molecule has 3 rings (SSSR count). The second-order valence-electron chi connectivity index (χ2n) is 5.17. The van der Waals surface area contributed by atoms with Crippen molar-refractivity contribution in [3.05, 3.63) is 17.0 Å². The Bertz CT molecular complexity index is 555. The van der Waals surface area contributed by atoms with Gasteiger partial charge in [0.05, 0.1) is 0 Å². The Balaban J connectivity index is 1.80. The van der Waals surface area contributed by atoms with Crippen molar-refractivity contribution >= 4 is 21.4 Å². The second kappa shape index (κ2) is 5.14. The lowest BCUT2D eigenvalue weighted by Gasteiger charge is -2.36. The van der Waals surface area contributed by atoms with E-state index < -0.39 is 10.0 Å². The zero-order valence-corrected chi connectivity index (χ0v) is 12.4. The summed E-state index contributed by atoms with van der Waals surface area (Å²) < 4.78 is 27.2. The molecule has 1 unspecified atom stereocenters. The molecule has 2 aliphatic rings. The van der Waals surface area contributed by atoms with Gasteiger partial charge in [0.15, 0.2) is 0 Å². The highest BCUT2D eigenvalue weighted by Gasteiger charge is 2.36. The Labute approximate surface area is 118 Å². The molecule has 2 fully saturated rings. The number of fused-ring (bicyclic) bond motifs is 1. The van der Waals surface area contributed by atoms with Crippen LogP contribution in [0.3, 0.4) is 0 Å². The van der Waals surface area contributed by atoms with E-state index in [9.17, 15) is 8.42 Å². The molecular formula is C12H19N3O2S2. The minimum Gasteiger partial charge on any atom is -0.326 e. The van der Waals surface area contributed by atoms with Crippen LogP contribution in [0.1, 0.15) is 18.4 Å². The summed E-state index contributed by atoms with van der Waals surface area (Å²) in [6.45, 7) is 3.61. The van der Waals surface area contributed by atoms with Crippen molar-refractivity contribution in [2.45, 2.75) is 29.6 Å². The molecule has 0 spiro atoms. The number of nitrogens with zero attached hydrogens (tertiary/aromatic N) is 2. The Morgan fingerprint density at radius 2 is 2.21 bits per heavy atom. The minimum atomic E-state index is -3.32. The van der Waals surface area contributed by atoms with Gasteiger partial charge in [-0.1, -0.05) is 0 Å². The molecule has 2 saturated heterocycles. The molecule has 0 bridgehead atoms. The van der Waals surface area contributed by atoms with Gasteiger partial charge in [-0.15, -0.1) is 11.3 Å². The van der Waals surface area contributed by atoms with E-state index in [1.807, 2.05) is 5.38 Å². The van der Waals surface area contributed by atoms with E-state index in [-0.39, 0.29) is 0 Å². The fourth-order valence-electron chi connectivity index (χ4n) is 2.90. The van der Waals surface area contributed by atoms with Gasteiger partial charge in [-0.2, -0.15) is 4.31 Å². The predicted molar refractivity (Wildman–Crippen MR) is 75.6 cm³/mol. The van der Waals surface area contributed by atoms with Gasteiger partial charge in [0, 0.05) is 32.2 Å². The highest BCUT2D eigenvalue weighted by Crippen LogP contribution is 2.28. The van der Waals surface area contributed by atoms with Crippen LogP contribution < -0.4 is 5.73 Å². The lowest BCUT2D eigenvalue weighted by molar-refractivity contribution is 0.158. The quantitative estimate of drug-likeness (QED) is 0.891. The van der Waals surface area contributed by atoms with Gasteiger partial charge in [-0.05, 0) is 36.4 Å². The van der Waals surface area contributed by atoms with E-state index in [1.165, 1.54) is 17.8 Å². The zero-order valence-electron chi connectivity index (χ0n) is 10.8. The van der Waals surface area contributed by atoms with Crippen molar-refractivity contribution in [1.29, 1.82) is 0 Å². The van der Waals surface area contributed by atoms with Gasteiger partial charge in [0.1, 0.15) is 4.21 Å². The van der Waals surface area contributed by atoms with Crippen LogP contribution in [0.4, 0.5) is 0 Å². The van der Waals surface area contributed by atoms with Crippen LogP contribution >= 0.6 is 11.3 Å². The molecule has 0 amide bonds. The van der Waals surface area contributed by atoms with E-state index in [2.05, 4.69) is 4.90 Å². The number of nitrogens with two attached hydrogens (primary N) is 1. The van der Waals surface area contributed by atoms with Crippen LogP contribution in [-0.4, -0.2) is 49.8 Å². The number of sulfonamides is 1. The fraction of sp³-hybridized carbons (Fsp3) is 0.667. The van der Waals surface area contributed by atoms with Gasteiger partial charge < -0.3 is 5.73 Å². The van der Waals surface area contributed by atoms with Gasteiger partial charge >= 0.3 is 0 Å². The van der Waals surface area contributed by atoms with Crippen LogP contribution in [0.25, 0.3) is 0 Å². The van der Waals surface area contributed by atoms with Crippen molar-refractivity contribution in [3.8, 4) is 0 Å². The molecule has 1 aromatic heterocycles. The van der Waals surface area contributed by atoms with E-state index in [4.69, 9.17) is 5.73 Å². The summed E-state index contributed by atoms with van der Waals surface area (Å²) in [4.78, 5) is 2.41. The van der Waals surface area contributed by atoms with Gasteiger partial charge in [-0.25, -0.2) is 8.42 Å². The van der Waals surface area contributed by atoms with Crippen molar-refractivity contribution in [2.24, 2.45) is 5.73 Å². The Morgan fingerprint density at radius 1 is 1.37 bits per heavy atom. The molecule has 1 atom stereocenters. The summed E-state index contributed by atoms with van der Waals surface area (Å²) >= 11 is 1.28. The monoisotopic (exact) mass is 301 g/mol. The van der Waals surface area contributed by atoms with Crippen molar-refractivity contribution in [2.75, 3.05) is 26.2 Å². The summed E-state index contributed by atoms with van der Waals surface area (Å²) in [7, 11) is -3.32. The smallest absolute Gasteiger partial charge is 0.252 e. The summed E-state index contributed by atoms with van der Waals surface area (Å²) in [5.74, 6) is 0. The lowest BCUT2D eigenvalue weighted by Crippen LogP contribution is -2.51. The highest BCUT2D eigenvalue weighted by atomic mass is 32.2. The third-order valence-electron chi connectivity index (χ3n) is 4.01. The average Bonchev–Trinajstić information content (AvgIpc) is 3.06. The number of rotatable bonds is 3. The normalized spacial score (nSPS) is 25.6. The number of piperazine rings is 1. The minimum absolute atomic E-state index is 0.391. The standard InChI is InChI=1S/C12H19N3O2S2/c13-7-10-6-12(18-9-10)19(16,17)15-5-4-14-3-1-2-11(14)8-15/h6,9,11H,1-5,7-8,13H2. The van der Waals surface area contributed by atoms with E-state index >= 15 is 0 Å². The van der Waals surface area contributed by atoms with Crippen molar-refractivity contribution < 1.29 is 8.42 Å². The number of hydrogen-bond donors (Lipinski definition) is 1. The van der Waals surface area contributed by atoms with Crippen molar-refractivity contribution in [3.63, 3.8) is 0 Å². The van der Waals surface area contributed by atoms with Crippen LogP contribution in [-0.2, 0) is 16.6 Å². The molecule has 19 heavy (non-hydrogen) atoms. The molecule has 106 valence electrons. The van der Waals surface area contributed by atoms with Gasteiger partial charge in [-0.3, -0.25) is 4.90 Å². The highest BCUT2D eigenvalue weighted by molar-refractivity contribution is 7.91. The van der Waals surface area contributed by atoms with Crippen LogP contribution in [0.2, 0.25) is 0 Å². The molecule has 2 aliphatic heterocycles. The summed E-state index contributed by atoms with van der Waals surface area (Å²) in [6.07, 6.45) is 2.30. The first-order valence-electron chi connectivity index (χ1n) is 6.63. The Morgan fingerprint density at radius 3 is 2.95 bits per heavy atom. The lowest BCUT2D eigenvalue weighted by atomic mass is 10.2. The number of hydrogen-bond acceptors (Lipinski definition) is 5. The summed E-state index contributed by atoms with van der Waals surface area (Å²) in [6, 6.07) is 2.12. The summed E-state index contributed by atoms with van der Waals surface area (Å²) in [5.41, 5.74) is 6.44. The fourth-order valence-corrected chi connectivity index (χ4v) is 5.75. The summed E-state index contributed by atoms with van der Waals surface area (Å²) in [5, 5.41) is 1.83. The van der Waals surface area contributed by atoms with Gasteiger partial charge in [0.2, 0.25) is 0 Å².